The summed E-state index contributed by atoms with van der Waals surface area (Å²) in [5.74, 6) is 0.192. The second-order valence-electron chi connectivity index (χ2n) is 6.05. The molecule has 0 aliphatic rings. The summed E-state index contributed by atoms with van der Waals surface area (Å²) in [6.07, 6.45) is 1.64. The van der Waals surface area contributed by atoms with Crippen molar-refractivity contribution in [3.63, 3.8) is 0 Å². The average Bonchev–Trinajstić information content (AvgIpc) is 2.59. The van der Waals surface area contributed by atoms with Crippen molar-refractivity contribution in [1.82, 2.24) is 4.31 Å². The van der Waals surface area contributed by atoms with Crippen molar-refractivity contribution in [1.29, 1.82) is 0 Å². The minimum atomic E-state index is -3.64. The van der Waals surface area contributed by atoms with Crippen LogP contribution in [0, 0.1) is 0 Å². The van der Waals surface area contributed by atoms with E-state index in [0.717, 1.165) is 11.8 Å². The average molecular weight is 398 g/mol. The molecule has 0 N–H and O–H groups in total. The maximum atomic E-state index is 13.0. The van der Waals surface area contributed by atoms with E-state index in [1.165, 1.54) is 16.4 Å². The van der Waals surface area contributed by atoms with Crippen molar-refractivity contribution in [3.8, 4) is 5.75 Å². The topological polar surface area (TPSA) is 80.8 Å². The summed E-state index contributed by atoms with van der Waals surface area (Å²) in [7, 11) is -7.24. The Balaban J connectivity index is 2.29. The highest BCUT2D eigenvalue weighted by Crippen LogP contribution is 2.23. The van der Waals surface area contributed by atoms with E-state index in [-0.39, 0.29) is 23.2 Å². The van der Waals surface area contributed by atoms with Gasteiger partial charge >= 0.3 is 10.1 Å². The van der Waals surface area contributed by atoms with E-state index in [0.29, 0.717) is 6.42 Å². The van der Waals surface area contributed by atoms with Crippen molar-refractivity contribution in [3.05, 3.63) is 60.2 Å². The highest BCUT2D eigenvalue weighted by atomic mass is 32.2. The van der Waals surface area contributed by atoms with Crippen molar-refractivity contribution in [2.45, 2.75) is 37.8 Å². The van der Waals surface area contributed by atoms with Crippen LogP contribution in [0.5, 0.6) is 5.75 Å². The molecule has 142 valence electrons. The molecular weight excluding hydrogens is 374 g/mol. The fourth-order valence-electron chi connectivity index (χ4n) is 2.41. The summed E-state index contributed by atoms with van der Waals surface area (Å²) in [4.78, 5) is 0.248. The predicted octanol–water partition coefficient (Wildman–Crippen LogP) is 3.01. The molecule has 2 aromatic carbocycles. The Morgan fingerprint density at radius 1 is 0.962 bits per heavy atom. The molecule has 2 rings (SSSR count). The van der Waals surface area contributed by atoms with Crippen LogP contribution in [0.3, 0.4) is 0 Å². The van der Waals surface area contributed by atoms with Gasteiger partial charge in [0.2, 0.25) is 10.0 Å². The van der Waals surface area contributed by atoms with E-state index in [4.69, 9.17) is 4.18 Å². The van der Waals surface area contributed by atoms with Gasteiger partial charge in [0, 0.05) is 12.6 Å². The second-order valence-corrected chi connectivity index (χ2v) is 9.52. The first-order valence-electron chi connectivity index (χ1n) is 8.19. The minimum absolute atomic E-state index is 0.186. The normalized spacial score (nSPS) is 13.5. The predicted molar refractivity (Wildman–Crippen MR) is 101 cm³/mol. The number of sulfonamides is 1. The van der Waals surface area contributed by atoms with Gasteiger partial charge in [-0.2, -0.15) is 12.7 Å². The zero-order valence-electron chi connectivity index (χ0n) is 15.0. The maximum Gasteiger partial charge on any atom is 0.306 e. The van der Waals surface area contributed by atoms with Gasteiger partial charge in [-0.25, -0.2) is 8.42 Å². The van der Waals surface area contributed by atoms with Gasteiger partial charge in [-0.1, -0.05) is 37.3 Å². The summed E-state index contributed by atoms with van der Waals surface area (Å²) in [6.45, 7) is 3.98. The summed E-state index contributed by atoms with van der Waals surface area (Å²) in [5, 5.41) is 0. The molecule has 0 aliphatic heterocycles. The van der Waals surface area contributed by atoms with Crippen LogP contribution in [-0.2, 0) is 26.7 Å². The molecule has 6 nitrogen and oxygen atoms in total. The zero-order valence-corrected chi connectivity index (χ0v) is 16.6. The van der Waals surface area contributed by atoms with Crippen LogP contribution in [0.25, 0.3) is 0 Å². The fourth-order valence-corrected chi connectivity index (χ4v) is 4.59. The van der Waals surface area contributed by atoms with E-state index in [9.17, 15) is 16.8 Å². The van der Waals surface area contributed by atoms with Crippen LogP contribution in [0.15, 0.2) is 59.5 Å². The molecular formula is C18H23NO5S2. The molecule has 0 heterocycles. The molecule has 0 spiro atoms. The van der Waals surface area contributed by atoms with Gasteiger partial charge in [-0.05, 0) is 43.2 Å². The summed E-state index contributed by atoms with van der Waals surface area (Å²) >= 11 is 0. The molecule has 1 unspecified atom stereocenters. The minimum Gasteiger partial charge on any atom is -0.383 e. The molecule has 0 saturated carbocycles. The number of hydrogen-bond acceptors (Lipinski definition) is 5. The Morgan fingerprint density at radius 2 is 1.54 bits per heavy atom. The summed E-state index contributed by atoms with van der Waals surface area (Å²) < 4.78 is 54.6. The second kappa shape index (κ2) is 8.20. The van der Waals surface area contributed by atoms with Crippen LogP contribution in [-0.4, -0.2) is 33.4 Å². The number of hydrogen-bond donors (Lipinski definition) is 0. The molecule has 0 radical (unpaired) electrons. The molecule has 0 aliphatic carbocycles. The Labute approximate surface area is 155 Å². The standard InChI is InChI=1S/C18H23NO5S2/c1-4-15(2)19(26(22,23)18-8-6-5-7-9-18)14-16-10-12-17(13-11-16)24-25(3,20)21/h5-13,15H,4,14H2,1-3H3. The summed E-state index contributed by atoms with van der Waals surface area (Å²) in [6, 6.07) is 14.5. The Morgan fingerprint density at radius 3 is 2.04 bits per heavy atom. The molecule has 26 heavy (non-hydrogen) atoms. The fraction of sp³-hybridized carbons (Fsp3) is 0.333. The third-order valence-electron chi connectivity index (χ3n) is 3.94. The SMILES string of the molecule is CCC(C)N(Cc1ccc(OS(C)(=O)=O)cc1)S(=O)(=O)c1ccccc1. The van der Waals surface area contributed by atoms with Gasteiger partial charge in [0.1, 0.15) is 5.75 Å². The monoisotopic (exact) mass is 397 g/mol. The molecule has 0 fully saturated rings. The quantitative estimate of drug-likeness (QED) is 0.640. The highest BCUT2D eigenvalue weighted by molar-refractivity contribution is 7.89. The van der Waals surface area contributed by atoms with Crippen molar-refractivity contribution in [2.75, 3.05) is 6.26 Å². The molecule has 2 aromatic rings. The first kappa shape index (κ1) is 20.4. The third-order valence-corrected chi connectivity index (χ3v) is 6.41. The Kier molecular flexibility index (Phi) is 6.44. The van der Waals surface area contributed by atoms with Gasteiger partial charge < -0.3 is 4.18 Å². The van der Waals surface area contributed by atoms with Crippen LogP contribution in [0.2, 0.25) is 0 Å². The Hall–Kier alpha value is -1.90. The van der Waals surface area contributed by atoms with E-state index < -0.39 is 20.1 Å². The molecule has 8 heteroatoms. The van der Waals surface area contributed by atoms with Crippen molar-refractivity contribution < 1.29 is 21.0 Å². The lowest BCUT2D eigenvalue weighted by Gasteiger charge is -2.28. The van der Waals surface area contributed by atoms with Crippen LogP contribution < -0.4 is 4.18 Å². The smallest absolute Gasteiger partial charge is 0.306 e. The van der Waals surface area contributed by atoms with Crippen LogP contribution >= 0.6 is 0 Å². The lowest BCUT2D eigenvalue weighted by molar-refractivity contribution is 0.323. The number of nitrogens with zero attached hydrogens (tertiary/aromatic N) is 1. The van der Waals surface area contributed by atoms with Gasteiger partial charge in [0.05, 0.1) is 11.2 Å². The van der Waals surface area contributed by atoms with Gasteiger partial charge in [0.25, 0.3) is 0 Å². The van der Waals surface area contributed by atoms with E-state index in [1.54, 1.807) is 42.5 Å². The Bertz CT molecular complexity index is 923. The number of benzene rings is 2. The lowest BCUT2D eigenvalue weighted by atomic mass is 10.2. The first-order valence-corrected chi connectivity index (χ1v) is 11.4. The molecule has 0 saturated heterocycles. The molecule has 0 aromatic heterocycles. The first-order chi connectivity index (χ1) is 12.1. The molecule has 0 amide bonds. The van der Waals surface area contributed by atoms with Crippen molar-refractivity contribution in [2.24, 2.45) is 0 Å². The van der Waals surface area contributed by atoms with Gasteiger partial charge in [-0.3, -0.25) is 0 Å². The van der Waals surface area contributed by atoms with E-state index in [2.05, 4.69) is 0 Å². The van der Waals surface area contributed by atoms with Crippen LogP contribution in [0.1, 0.15) is 25.8 Å². The molecule has 0 bridgehead atoms. The zero-order chi connectivity index (χ0) is 19.4. The highest BCUT2D eigenvalue weighted by Gasteiger charge is 2.28. The maximum absolute atomic E-state index is 13.0. The van der Waals surface area contributed by atoms with Crippen LogP contribution in [0.4, 0.5) is 0 Å². The largest absolute Gasteiger partial charge is 0.383 e. The third kappa shape index (κ3) is 5.30. The van der Waals surface area contributed by atoms with Crippen molar-refractivity contribution >= 4 is 20.1 Å². The van der Waals surface area contributed by atoms with E-state index >= 15 is 0 Å². The van der Waals surface area contributed by atoms with Gasteiger partial charge in [0.15, 0.2) is 0 Å². The molecule has 1 atom stereocenters. The van der Waals surface area contributed by atoms with E-state index in [1.807, 2.05) is 13.8 Å². The lowest BCUT2D eigenvalue weighted by Crippen LogP contribution is -2.37. The summed E-state index contributed by atoms with van der Waals surface area (Å²) in [5.41, 5.74) is 0.741. The van der Waals surface area contributed by atoms with Gasteiger partial charge in [-0.15, -0.1) is 0 Å². The number of rotatable bonds is 8.